The van der Waals surface area contributed by atoms with Gasteiger partial charge in [0.2, 0.25) is 0 Å². The fraction of sp³-hybridized carbons (Fsp3) is 0.276. The zero-order valence-electron chi connectivity index (χ0n) is 18.8. The molecule has 2 nitrogen and oxygen atoms in total. The van der Waals surface area contributed by atoms with E-state index in [1.807, 2.05) is 18.3 Å². The molecule has 31 heavy (non-hydrogen) atoms. The molecule has 0 N–H and O–H groups in total. The zero-order valence-corrected chi connectivity index (χ0v) is 18.8. The Morgan fingerprint density at radius 1 is 0.806 bits per heavy atom. The van der Waals surface area contributed by atoms with E-state index >= 15 is 0 Å². The molecular weight excluding hydrogens is 378 g/mol. The minimum absolute atomic E-state index is 0.154. The van der Waals surface area contributed by atoms with Crippen LogP contribution in [0.1, 0.15) is 50.8 Å². The molecule has 2 heterocycles. The second-order valence-corrected chi connectivity index (χ2v) is 10.5. The Hall–Kier alpha value is -3.13. The maximum atomic E-state index is 6.37. The fourth-order valence-electron chi connectivity index (χ4n) is 6.00. The summed E-state index contributed by atoms with van der Waals surface area (Å²) in [7, 11) is 0. The number of aromatic nitrogens is 1. The average molecular weight is 406 g/mol. The van der Waals surface area contributed by atoms with Gasteiger partial charge in [-0.25, -0.2) is 0 Å². The second kappa shape index (κ2) is 5.97. The number of fused-ring (bicyclic) bond motifs is 5. The molecule has 0 saturated heterocycles. The van der Waals surface area contributed by atoms with Crippen LogP contribution in [0.2, 0.25) is 0 Å². The van der Waals surface area contributed by atoms with Crippen molar-refractivity contribution in [3.05, 3.63) is 77.5 Å². The van der Waals surface area contributed by atoms with Gasteiger partial charge in [-0.1, -0.05) is 52.0 Å². The molecule has 5 aromatic rings. The number of para-hydroxylation sites is 1. The van der Waals surface area contributed by atoms with E-state index < -0.39 is 0 Å². The number of nitrogens with zero attached hydrogens (tertiary/aromatic N) is 1. The summed E-state index contributed by atoms with van der Waals surface area (Å²) in [6.45, 7) is 11.6. The van der Waals surface area contributed by atoms with E-state index in [0.29, 0.717) is 0 Å². The first-order valence-electron chi connectivity index (χ1n) is 11.1. The molecule has 0 amide bonds. The molecule has 0 bridgehead atoms. The van der Waals surface area contributed by atoms with Crippen LogP contribution in [0, 0.1) is 6.92 Å². The third kappa shape index (κ3) is 2.61. The van der Waals surface area contributed by atoms with Crippen molar-refractivity contribution < 1.29 is 4.42 Å². The Morgan fingerprint density at radius 2 is 1.55 bits per heavy atom. The molecule has 1 aliphatic rings. The van der Waals surface area contributed by atoms with Crippen LogP contribution in [0.15, 0.2) is 65.2 Å². The van der Waals surface area contributed by atoms with Crippen LogP contribution in [0.3, 0.4) is 0 Å². The van der Waals surface area contributed by atoms with Gasteiger partial charge >= 0.3 is 0 Å². The van der Waals surface area contributed by atoms with Gasteiger partial charge in [0.15, 0.2) is 0 Å². The number of hydrogen-bond donors (Lipinski definition) is 0. The van der Waals surface area contributed by atoms with Crippen LogP contribution < -0.4 is 0 Å². The molecule has 0 unspecified atom stereocenters. The van der Waals surface area contributed by atoms with Gasteiger partial charge in [-0.2, -0.15) is 0 Å². The monoisotopic (exact) mass is 405 g/mol. The van der Waals surface area contributed by atoms with Crippen LogP contribution in [0.25, 0.3) is 44.0 Å². The third-order valence-electron chi connectivity index (χ3n) is 7.12. The van der Waals surface area contributed by atoms with E-state index in [0.717, 1.165) is 39.6 Å². The Morgan fingerprint density at radius 3 is 2.35 bits per heavy atom. The zero-order chi connectivity index (χ0) is 21.5. The molecule has 0 radical (unpaired) electrons. The van der Waals surface area contributed by atoms with Gasteiger partial charge in [0.25, 0.3) is 0 Å². The first-order chi connectivity index (χ1) is 14.7. The fourth-order valence-corrected chi connectivity index (χ4v) is 6.00. The highest BCUT2D eigenvalue weighted by molar-refractivity contribution is 6.12. The largest absolute Gasteiger partial charge is 0.455 e. The second-order valence-electron chi connectivity index (χ2n) is 10.5. The van der Waals surface area contributed by atoms with E-state index in [-0.39, 0.29) is 10.8 Å². The van der Waals surface area contributed by atoms with Crippen LogP contribution in [0.4, 0.5) is 0 Å². The number of rotatable bonds is 1. The molecule has 6 rings (SSSR count). The standard InChI is InChI=1S/C29H27NO/c1-17-12-21-19-8-6-7-9-25(19)31-27(21)22(13-17)26-20-15-24-23(14-18(20)10-11-30-26)28(2,3)16-29(24,4)5/h6-15H,16H2,1-5H3. The molecular formula is C29H27NO. The molecule has 2 heteroatoms. The maximum Gasteiger partial charge on any atom is 0.144 e. The van der Waals surface area contributed by atoms with Crippen molar-refractivity contribution in [2.45, 2.75) is 51.9 Å². The highest BCUT2D eigenvalue weighted by atomic mass is 16.3. The molecule has 154 valence electrons. The lowest BCUT2D eigenvalue weighted by atomic mass is 9.82. The number of pyridine rings is 1. The summed E-state index contributed by atoms with van der Waals surface area (Å²) in [5.74, 6) is 0. The van der Waals surface area contributed by atoms with Crippen molar-refractivity contribution in [2.24, 2.45) is 0 Å². The van der Waals surface area contributed by atoms with Crippen LogP contribution >= 0.6 is 0 Å². The summed E-state index contributed by atoms with van der Waals surface area (Å²) in [6.07, 6.45) is 3.10. The van der Waals surface area contributed by atoms with Crippen molar-refractivity contribution in [2.75, 3.05) is 0 Å². The molecule has 0 atom stereocenters. The summed E-state index contributed by atoms with van der Waals surface area (Å²) in [5, 5.41) is 4.78. The smallest absolute Gasteiger partial charge is 0.144 e. The minimum atomic E-state index is 0.154. The third-order valence-corrected chi connectivity index (χ3v) is 7.12. The van der Waals surface area contributed by atoms with Crippen LogP contribution in [0.5, 0.6) is 0 Å². The first kappa shape index (κ1) is 18.6. The normalized spacial score (nSPS) is 16.9. The molecule has 0 fully saturated rings. The summed E-state index contributed by atoms with van der Waals surface area (Å²) in [5.41, 5.74) is 8.41. The lowest BCUT2D eigenvalue weighted by Crippen LogP contribution is -2.17. The number of furan rings is 1. The molecule has 0 spiro atoms. The van der Waals surface area contributed by atoms with Gasteiger partial charge < -0.3 is 4.42 Å². The Balaban J connectivity index is 1.71. The molecule has 2 aromatic heterocycles. The van der Waals surface area contributed by atoms with Gasteiger partial charge in [-0.05, 0) is 76.6 Å². The van der Waals surface area contributed by atoms with E-state index in [1.165, 1.54) is 27.5 Å². The van der Waals surface area contributed by atoms with Crippen molar-refractivity contribution in [1.82, 2.24) is 4.98 Å². The highest BCUT2D eigenvalue weighted by Crippen LogP contribution is 2.51. The van der Waals surface area contributed by atoms with Crippen molar-refractivity contribution in [3.8, 4) is 11.3 Å². The Kier molecular flexibility index (Phi) is 3.59. The number of aryl methyl sites for hydroxylation is 1. The molecule has 0 saturated carbocycles. The summed E-state index contributed by atoms with van der Waals surface area (Å²) in [4.78, 5) is 4.89. The Labute approximate surface area is 182 Å². The average Bonchev–Trinajstić information content (AvgIpc) is 3.17. The lowest BCUT2D eigenvalue weighted by molar-refractivity contribution is 0.403. The van der Waals surface area contributed by atoms with E-state index in [4.69, 9.17) is 9.40 Å². The first-order valence-corrected chi connectivity index (χ1v) is 11.1. The number of benzene rings is 3. The SMILES string of the molecule is Cc1cc(-c2nccc3cc4c(cc23)C(C)(C)CC4(C)C)c2oc3ccccc3c2c1. The van der Waals surface area contributed by atoms with Crippen LogP contribution in [-0.4, -0.2) is 4.98 Å². The van der Waals surface area contributed by atoms with Crippen molar-refractivity contribution >= 4 is 32.7 Å². The van der Waals surface area contributed by atoms with E-state index in [2.05, 4.69) is 77.1 Å². The van der Waals surface area contributed by atoms with E-state index in [1.54, 1.807) is 0 Å². The number of hydrogen-bond acceptors (Lipinski definition) is 2. The summed E-state index contributed by atoms with van der Waals surface area (Å²) in [6, 6.07) is 19.7. The molecule has 3 aromatic carbocycles. The quantitative estimate of drug-likeness (QED) is 0.282. The van der Waals surface area contributed by atoms with Crippen LogP contribution in [-0.2, 0) is 10.8 Å². The predicted molar refractivity (Wildman–Crippen MR) is 130 cm³/mol. The van der Waals surface area contributed by atoms with Gasteiger partial charge in [-0.15, -0.1) is 0 Å². The highest BCUT2D eigenvalue weighted by Gasteiger charge is 2.42. The molecule has 0 aliphatic heterocycles. The van der Waals surface area contributed by atoms with Crippen molar-refractivity contribution in [3.63, 3.8) is 0 Å². The molecule has 1 aliphatic carbocycles. The lowest BCUT2D eigenvalue weighted by Gasteiger charge is -2.22. The summed E-state index contributed by atoms with van der Waals surface area (Å²) >= 11 is 0. The van der Waals surface area contributed by atoms with Gasteiger partial charge in [0, 0.05) is 27.9 Å². The van der Waals surface area contributed by atoms with Crippen molar-refractivity contribution in [1.29, 1.82) is 0 Å². The summed E-state index contributed by atoms with van der Waals surface area (Å²) < 4.78 is 6.37. The Bertz CT molecular complexity index is 1520. The maximum absolute atomic E-state index is 6.37. The topological polar surface area (TPSA) is 26.0 Å². The van der Waals surface area contributed by atoms with E-state index in [9.17, 15) is 0 Å². The van der Waals surface area contributed by atoms with Gasteiger partial charge in [0.05, 0.1) is 5.69 Å². The minimum Gasteiger partial charge on any atom is -0.455 e. The van der Waals surface area contributed by atoms with Gasteiger partial charge in [0.1, 0.15) is 11.2 Å². The van der Waals surface area contributed by atoms with Gasteiger partial charge in [-0.3, -0.25) is 4.98 Å². The predicted octanol–water partition coefficient (Wildman–Crippen LogP) is 8.07.